The summed E-state index contributed by atoms with van der Waals surface area (Å²) in [6.07, 6.45) is 3.76. The zero-order valence-electron chi connectivity index (χ0n) is 13.9. The Balaban J connectivity index is 2.68. The van der Waals surface area contributed by atoms with Gasteiger partial charge in [0.25, 0.3) is 0 Å². The molecule has 0 aliphatic carbocycles. The summed E-state index contributed by atoms with van der Waals surface area (Å²) in [6, 6.07) is 3.41. The average molecular weight is 362 g/mol. The third kappa shape index (κ3) is 6.56. The van der Waals surface area contributed by atoms with Gasteiger partial charge in [0.1, 0.15) is 0 Å². The second kappa shape index (κ2) is 9.72. The Bertz CT molecular complexity index is 570. The summed E-state index contributed by atoms with van der Waals surface area (Å²) in [7, 11) is 0. The summed E-state index contributed by atoms with van der Waals surface area (Å²) in [6.45, 7) is 3.86. The number of anilines is 1. The molecule has 6 heteroatoms. The number of benzene rings is 1. The van der Waals surface area contributed by atoms with Crippen LogP contribution in [0.1, 0.15) is 51.5 Å². The highest BCUT2D eigenvalue weighted by molar-refractivity contribution is 6.31. The molecule has 1 atom stereocenters. The van der Waals surface area contributed by atoms with Crippen molar-refractivity contribution in [2.75, 3.05) is 5.32 Å². The van der Waals surface area contributed by atoms with Crippen molar-refractivity contribution in [1.82, 2.24) is 0 Å². The fourth-order valence-corrected chi connectivity index (χ4v) is 2.63. The predicted molar refractivity (Wildman–Crippen MR) is 92.1 cm³/mol. The van der Waals surface area contributed by atoms with Crippen molar-refractivity contribution in [3.8, 4) is 0 Å². The van der Waals surface area contributed by atoms with E-state index in [1.165, 1.54) is 6.07 Å². The molecule has 1 unspecified atom stereocenters. The Kier molecular flexibility index (Phi) is 8.32. The van der Waals surface area contributed by atoms with Gasteiger partial charge in [0.15, 0.2) is 0 Å². The van der Waals surface area contributed by atoms with Crippen LogP contribution in [0.3, 0.4) is 0 Å². The summed E-state index contributed by atoms with van der Waals surface area (Å²) in [4.78, 5) is 12.3. The molecule has 0 saturated heterocycles. The largest absolute Gasteiger partial charge is 0.417 e. The molecule has 0 aliphatic rings. The maximum atomic E-state index is 12.9. The smallest absolute Gasteiger partial charge is 0.326 e. The fraction of sp³-hybridized carbons (Fsp3) is 0.500. The number of rotatable bonds is 8. The SMILES string of the molecule is CC=CCCCCC(CC)C(=O)Nc1ccc(Cl)c(C(F)(F)F)c1. The first-order chi connectivity index (χ1) is 11.3. The van der Waals surface area contributed by atoms with Gasteiger partial charge < -0.3 is 5.32 Å². The van der Waals surface area contributed by atoms with E-state index < -0.39 is 11.7 Å². The molecule has 0 radical (unpaired) electrons. The number of hydrogen-bond acceptors (Lipinski definition) is 1. The molecule has 1 rings (SSSR count). The third-order valence-corrected chi connectivity index (χ3v) is 4.14. The second-order valence-electron chi connectivity index (χ2n) is 5.64. The number of unbranched alkanes of at least 4 members (excludes halogenated alkanes) is 2. The monoisotopic (exact) mass is 361 g/mol. The number of allylic oxidation sites excluding steroid dienone is 2. The van der Waals surface area contributed by atoms with Gasteiger partial charge in [0, 0.05) is 11.6 Å². The molecular weight excluding hydrogens is 339 g/mol. The number of carbonyl (C=O) groups excluding carboxylic acids is 1. The molecule has 2 nitrogen and oxygen atoms in total. The van der Waals surface area contributed by atoms with Gasteiger partial charge in [-0.05, 0) is 50.8 Å². The summed E-state index contributed by atoms with van der Waals surface area (Å²) in [5, 5.41) is 2.19. The molecule has 1 N–H and O–H groups in total. The summed E-state index contributed by atoms with van der Waals surface area (Å²) < 4.78 is 38.6. The van der Waals surface area contributed by atoms with E-state index in [1.54, 1.807) is 0 Å². The normalized spacial score (nSPS) is 13.2. The molecule has 0 heterocycles. The van der Waals surface area contributed by atoms with Crippen LogP contribution in [-0.2, 0) is 11.0 Å². The van der Waals surface area contributed by atoms with Gasteiger partial charge in [-0.25, -0.2) is 0 Å². The van der Waals surface area contributed by atoms with E-state index in [2.05, 4.69) is 11.4 Å². The van der Waals surface area contributed by atoms with Crippen molar-refractivity contribution < 1.29 is 18.0 Å². The number of amides is 1. The Hall–Kier alpha value is -1.49. The standard InChI is InChI=1S/C18H23ClF3NO/c1-3-5-6-7-8-9-13(4-2)17(24)23-14-10-11-16(19)15(12-14)18(20,21)22/h3,5,10-13H,4,6-9H2,1-2H3,(H,23,24). The van der Waals surface area contributed by atoms with Gasteiger partial charge >= 0.3 is 6.18 Å². The van der Waals surface area contributed by atoms with Crippen LogP contribution in [0.2, 0.25) is 5.02 Å². The van der Waals surface area contributed by atoms with E-state index in [0.717, 1.165) is 37.8 Å². The van der Waals surface area contributed by atoms with Crippen LogP contribution in [0.5, 0.6) is 0 Å². The molecule has 0 saturated carbocycles. The van der Waals surface area contributed by atoms with Crippen molar-refractivity contribution in [3.63, 3.8) is 0 Å². The number of carbonyl (C=O) groups is 1. The fourth-order valence-electron chi connectivity index (χ4n) is 2.40. The van der Waals surface area contributed by atoms with Crippen molar-refractivity contribution in [2.45, 2.75) is 52.1 Å². The zero-order valence-corrected chi connectivity index (χ0v) is 14.7. The lowest BCUT2D eigenvalue weighted by molar-refractivity contribution is -0.137. The van der Waals surface area contributed by atoms with Crippen LogP contribution >= 0.6 is 11.6 Å². The van der Waals surface area contributed by atoms with Crippen LogP contribution in [-0.4, -0.2) is 5.91 Å². The van der Waals surface area contributed by atoms with Crippen molar-refractivity contribution in [2.24, 2.45) is 5.92 Å². The zero-order chi connectivity index (χ0) is 18.2. The Morgan fingerprint density at radius 3 is 2.62 bits per heavy atom. The Labute approximate surface area is 146 Å². The Morgan fingerprint density at radius 2 is 2.04 bits per heavy atom. The minimum absolute atomic E-state index is 0.115. The van der Waals surface area contributed by atoms with Gasteiger partial charge in [-0.1, -0.05) is 37.1 Å². The highest BCUT2D eigenvalue weighted by Gasteiger charge is 2.33. The topological polar surface area (TPSA) is 29.1 Å². The lowest BCUT2D eigenvalue weighted by Crippen LogP contribution is -2.22. The summed E-state index contributed by atoms with van der Waals surface area (Å²) >= 11 is 5.58. The lowest BCUT2D eigenvalue weighted by atomic mass is 9.97. The molecule has 1 aromatic carbocycles. The lowest BCUT2D eigenvalue weighted by Gasteiger charge is -2.16. The molecular formula is C18H23ClF3NO. The van der Waals surface area contributed by atoms with E-state index in [0.29, 0.717) is 6.42 Å². The summed E-state index contributed by atoms with van der Waals surface area (Å²) in [5.41, 5.74) is -0.828. The van der Waals surface area contributed by atoms with E-state index in [1.807, 2.05) is 19.9 Å². The van der Waals surface area contributed by atoms with Crippen molar-refractivity contribution >= 4 is 23.2 Å². The quantitative estimate of drug-likeness (QED) is 0.417. The average Bonchev–Trinajstić information content (AvgIpc) is 2.51. The van der Waals surface area contributed by atoms with Gasteiger partial charge in [-0.2, -0.15) is 13.2 Å². The first kappa shape index (κ1) is 20.6. The van der Waals surface area contributed by atoms with Crippen molar-refractivity contribution in [1.29, 1.82) is 0 Å². The highest BCUT2D eigenvalue weighted by atomic mass is 35.5. The van der Waals surface area contributed by atoms with Gasteiger partial charge in [0.05, 0.1) is 10.6 Å². The molecule has 0 aliphatic heterocycles. The van der Waals surface area contributed by atoms with E-state index in [9.17, 15) is 18.0 Å². The third-order valence-electron chi connectivity index (χ3n) is 3.81. The molecule has 24 heavy (non-hydrogen) atoms. The molecule has 0 bridgehead atoms. The first-order valence-corrected chi connectivity index (χ1v) is 8.46. The van der Waals surface area contributed by atoms with Crippen LogP contribution in [0.25, 0.3) is 0 Å². The minimum Gasteiger partial charge on any atom is -0.326 e. The van der Waals surface area contributed by atoms with Gasteiger partial charge in [0.2, 0.25) is 5.91 Å². The van der Waals surface area contributed by atoms with Crippen LogP contribution in [0.15, 0.2) is 30.4 Å². The molecule has 1 amide bonds. The maximum absolute atomic E-state index is 12.9. The number of halogens is 4. The number of nitrogens with one attached hydrogen (secondary N) is 1. The van der Waals surface area contributed by atoms with Crippen LogP contribution in [0.4, 0.5) is 18.9 Å². The highest BCUT2D eigenvalue weighted by Crippen LogP contribution is 2.36. The molecule has 0 fully saturated rings. The Morgan fingerprint density at radius 1 is 1.33 bits per heavy atom. The maximum Gasteiger partial charge on any atom is 0.417 e. The molecule has 134 valence electrons. The van der Waals surface area contributed by atoms with Crippen molar-refractivity contribution in [3.05, 3.63) is 40.9 Å². The predicted octanol–water partition coefficient (Wildman–Crippen LogP) is 6.46. The van der Waals surface area contributed by atoms with E-state index in [-0.39, 0.29) is 22.5 Å². The number of hydrogen-bond donors (Lipinski definition) is 1. The second-order valence-corrected chi connectivity index (χ2v) is 6.05. The van der Waals surface area contributed by atoms with Crippen LogP contribution < -0.4 is 5.32 Å². The number of alkyl halides is 3. The van der Waals surface area contributed by atoms with E-state index >= 15 is 0 Å². The summed E-state index contributed by atoms with van der Waals surface area (Å²) in [5.74, 6) is -0.459. The molecule has 0 aromatic heterocycles. The molecule has 1 aromatic rings. The van der Waals surface area contributed by atoms with E-state index in [4.69, 9.17) is 11.6 Å². The van der Waals surface area contributed by atoms with Gasteiger partial charge in [-0.3, -0.25) is 4.79 Å². The minimum atomic E-state index is -4.55. The van der Waals surface area contributed by atoms with Crippen LogP contribution in [0, 0.1) is 5.92 Å². The molecule has 0 spiro atoms. The van der Waals surface area contributed by atoms with Gasteiger partial charge in [-0.15, -0.1) is 0 Å². The first-order valence-electron chi connectivity index (χ1n) is 8.08.